The number of imidazole rings is 1. The molecule has 0 saturated heterocycles. The van der Waals surface area contributed by atoms with E-state index in [-0.39, 0.29) is 11.2 Å². The normalized spacial score (nSPS) is 13.4. The lowest BCUT2D eigenvalue weighted by molar-refractivity contribution is 0.0600. The summed E-state index contributed by atoms with van der Waals surface area (Å²) in [6, 6.07) is 13.9. The van der Waals surface area contributed by atoms with Crippen LogP contribution < -0.4 is 11.2 Å². The minimum Gasteiger partial charge on any atom is -0.465 e. The third kappa shape index (κ3) is 3.98. The zero-order valence-corrected chi connectivity index (χ0v) is 18.7. The van der Waals surface area contributed by atoms with E-state index in [0.717, 1.165) is 18.4 Å². The van der Waals surface area contributed by atoms with Crippen LogP contribution in [-0.4, -0.2) is 31.8 Å². The first kappa shape index (κ1) is 21.2. The maximum Gasteiger partial charge on any atom is 0.337 e. The molecule has 1 fully saturated rings. The standard InChI is InChI=1S/C24H21ClN4O4/c1-33-23(31)17-4-2-3-16(11-17)12-27-14-26-21-20(27)22(30)28(13-15-5-6-15)24(32)29(21)19-9-7-18(25)8-10-19/h2-4,7-11,14-15H,5-6,12-13H2,1H3. The number of esters is 1. The first-order valence-corrected chi connectivity index (χ1v) is 11.0. The fourth-order valence-corrected chi connectivity index (χ4v) is 4.08. The van der Waals surface area contributed by atoms with Crippen LogP contribution in [0.15, 0.2) is 64.4 Å². The van der Waals surface area contributed by atoms with E-state index in [2.05, 4.69) is 4.98 Å². The highest BCUT2D eigenvalue weighted by atomic mass is 35.5. The minimum absolute atomic E-state index is 0.281. The van der Waals surface area contributed by atoms with Gasteiger partial charge < -0.3 is 9.30 Å². The molecule has 2 aromatic carbocycles. The van der Waals surface area contributed by atoms with Gasteiger partial charge in [0, 0.05) is 18.1 Å². The molecular formula is C24H21ClN4O4. The lowest BCUT2D eigenvalue weighted by atomic mass is 10.1. The number of aromatic nitrogens is 4. The van der Waals surface area contributed by atoms with Crippen molar-refractivity contribution in [2.45, 2.75) is 25.9 Å². The second kappa shape index (κ2) is 8.37. The number of rotatable bonds is 6. The summed E-state index contributed by atoms with van der Waals surface area (Å²) in [7, 11) is 1.33. The molecule has 0 bridgehead atoms. The summed E-state index contributed by atoms with van der Waals surface area (Å²) in [6.45, 7) is 0.684. The number of ether oxygens (including phenoxy) is 1. The number of hydrogen-bond acceptors (Lipinski definition) is 5. The van der Waals surface area contributed by atoms with E-state index >= 15 is 0 Å². The molecule has 2 heterocycles. The van der Waals surface area contributed by atoms with E-state index in [0.29, 0.717) is 40.8 Å². The van der Waals surface area contributed by atoms with Gasteiger partial charge in [0.05, 0.1) is 24.7 Å². The van der Waals surface area contributed by atoms with Crippen LogP contribution >= 0.6 is 11.6 Å². The van der Waals surface area contributed by atoms with Gasteiger partial charge in [-0.25, -0.2) is 19.1 Å². The molecule has 8 nitrogen and oxygen atoms in total. The molecule has 2 aromatic heterocycles. The lowest BCUT2D eigenvalue weighted by Crippen LogP contribution is -2.40. The monoisotopic (exact) mass is 464 g/mol. The molecular weight excluding hydrogens is 444 g/mol. The van der Waals surface area contributed by atoms with Crippen LogP contribution in [0.3, 0.4) is 0 Å². The highest BCUT2D eigenvalue weighted by Crippen LogP contribution is 2.30. The average Bonchev–Trinajstić information content (AvgIpc) is 3.56. The van der Waals surface area contributed by atoms with Gasteiger partial charge in [0.1, 0.15) is 0 Å². The fraction of sp³-hybridized carbons (Fsp3) is 0.250. The maximum atomic E-state index is 13.4. The zero-order chi connectivity index (χ0) is 23.1. The Bertz CT molecular complexity index is 1480. The van der Waals surface area contributed by atoms with Gasteiger partial charge in [-0.3, -0.25) is 9.36 Å². The summed E-state index contributed by atoms with van der Waals surface area (Å²) in [4.78, 5) is 43.1. The number of carbonyl (C=O) groups excluding carboxylic acids is 1. The van der Waals surface area contributed by atoms with Crippen LogP contribution in [0.1, 0.15) is 28.8 Å². The summed E-state index contributed by atoms with van der Waals surface area (Å²) in [6.07, 6.45) is 3.55. The molecule has 1 aliphatic carbocycles. The van der Waals surface area contributed by atoms with Gasteiger partial charge in [-0.2, -0.15) is 0 Å². The Morgan fingerprint density at radius 2 is 1.91 bits per heavy atom. The summed E-state index contributed by atoms with van der Waals surface area (Å²) in [5.74, 6) is -0.102. The van der Waals surface area contributed by atoms with E-state index in [4.69, 9.17) is 16.3 Å². The highest BCUT2D eigenvalue weighted by Gasteiger charge is 2.26. The number of carbonyl (C=O) groups is 1. The summed E-state index contributed by atoms with van der Waals surface area (Å²) < 4.78 is 9.27. The van der Waals surface area contributed by atoms with E-state index in [1.165, 1.54) is 16.2 Å². The molecule has 0 N–H and O–H groups in total. The Morgan fingerprint density at radius 3 is 2.61 bits per heavy atom. The fourth-order valence-electron chi connectivity index (χ4n) is 3.95. The molecule has 168 valence electrons. The number of methoxy groups -OCH3 is 1. The third-order valence-electron chi connectivity index (χ3n) is 5.82. The number of hydrogen-bond donors (Lipinski definition) is 0. The van der Waals surface area contributed by atoms with Crippen LogP contribution in [0.5, 0.6) is 0 Å². The quantitative estimate of drug-likeness (QED) is 0.409. The molecule has 9 heteroatoms. The van der Waals surface area contributed by atoms with Crippen molar-refractivity contribution in [3.8, 4) is 5.69 Å². The first-order valence-electron chi connectivity index (χ1n) is 10.6. The van der Waals surface area contributed by atoms with Crippen molar-refractivity contribution in [2.75, 3.05) is 7.11 Å². The van der Waals surface area contributed by atoms with E-state index in [9.17, 15) is 14.4 Å². The molecule has 0 amide bonds. The number of nitrogens with zero attached hydrogens (tertiary/aromatic N) is 4. The molecule has 5 rings (SSSR count). The Kier molecular flexibility index (Phi) is 5.38. The smallest absolute Gasteiger partial charge is 0.337 e. The summed E-state index contributed by atoms with van der Waals surface area (Å²) in [5.41, 5.74) is 1.63. The largest absolute Gasteiger partial charge is 0.465 e. The van der Waals surface area contributed by atoms with Gasteiger partial charge in [0.15, 0.2) is 11.2 Å². The molecule has 0 radical (unpaired) electrons. The van der Waals surface area contributed by atoms with E-state index < -0.39 is 11.7 Å². The van der Waals surface area contributed by atoms with Crippen LogP contribution in [0.25, 0.3) is 16.9 Å². The Labute approximate surface area is 193 Å². The van der Waals surface area contributed by atoms with Crippen molar-refractivity contribution in [3.63, 3.8) is 0 Å². The first-order chi connectivity index (χ1) is 16.0. The zero-order valence-electron chi connectivity index (χ0n) is 17.9. The van der Waals surface area contributed by atoms with Crippen LogP contribution in [0.2, 0.25) is 5.02 Å². The highest BCUT2D eigenvalue weighted by molar-refractivity contribution is 6.30. The molecule has 1 aliphatic rings. The van der Waals surface area contributed by atoms with Crippen molar-refractivity contribution in [2.24, 2.45) is 5.92 Å². The molecule has 0 unspecified atom stereocenters. The second-order valence-corrected chi connectivity index (χ2v) is 8.63. The van der Waals surface area contributed by atoms with Gasteiger partial charge >= 0.3 is 11.7 Å². The van der Waals surface area contributed by atoms with Gasteiger partial charge in [-0.05, 0) is 60.7 Å². The van der Waals surface area contributed by atoms with Gasteiger partial charge in [-0.15, -0.1) is 0 Å². The van der Waals surface area contributed by atoms with E-state index in [1.807, 2.05) is 6.07 Å². The van der Waals surface area contributed by atoms with Crippen molar-refractivity contribution < 1.29 is 9.53 Å². The molecule has 33 heavy (non-hydrogen) atoms. The van der Waals surface area contributed by atoms with Crippen LogP contribution in [-0.2, 0) is 17.8 Å². The molecule has 0 spiro atoms. The van der Waals surface area contributed by atoms with E-state index in [1.54, 1.807) is 53.4 Å². The summed E-state index contributed by atoms with van der Waals surface area (Å²) in [5, 5.41) is 0.547. The molecule has 1 saturated carbocycles. The topological polar surface area (TPSA) is 88.1 Å². The predicted octanol–water partition coefficient (Wildman–Crippen LogP) is 3.25. The Hall–Kier alpha value is -3.65. The number of halogens is 1. The van der Waals surface area contributed by atoms with Gasteiger partial charge in [0.25, 0.3) is 5.56 Å². The van der Waals surface area contributed by atoms with Crippen molar-refractivity contribution in [1.82, 2.24) is 18.7 Å². The van der Waals surface area contributed by atoms with Gasteiger partial charge in [0.2, 0.25) is 0 Å². The lowest BCUT2D eigenvalue weighted by Gasteiger charge is -2.13. The summed E-state index contributed by atoms with van der Waals surface area (Å²) >= 11 is 6.04. The minimum atomic E-state index is -0.435. The van der Waals surface area contributed by atoms with Crippen LogP contribution in [0, 0.1) is 5.92 Å². The molecule has 4 aromatic rings. The third-order valence-corrected chi connectivity index (χ3v) is 6.08. The average molecular weight is 465 g/mol. The SMILES string of the molecule is COC(=O)c1cccc(Cn2cnc3c2c(=O)n(CC2CC2)c(=O)n3-c2ccc(Cl)cc2)c1. The van der Waals surface area contributed by atoms with Crippen LogP contribution in [0.4, 0.5) is 0 Å². The number of benzene rings is 2. The molecule has 0 atom stereocenters. The Morgan fingerprint density at radius 1 is 1.15 bits per heavy atom. The maximum absolute atomic E-state index is 13.4. The second-order valence-electron chi connectivity index (χ2n) is 8.19. The predicted molar refractivity (Wildman–Crippen MR) is 124 cm³/mol. The Balaban J connectivity index is 1.68. The van der Waals surface area contributed by atoms with Crippen molar-refractivity contribution in [3.05, 3.63) is 91.8 Å². The molecule has 0 aliphatic heterocycles. The van der Waals surface area contributed by atoms with Gasteiger partial charge in [-0.1, -0.05) is 23.7 Å². The van der Waals surface area contributed by atoms with Crippen molar-refractivity contribution in [1.29, 1.82) is 0 Å². The van der Waals surface area contributed by atoms with Crippen molar-refractivity contribution >= 4 is 28.7 Å². The number of fused-ring (bicyclic) bond motifs is 1.